The maximum atomic E-state index is 14.5. The zero-order chi connectivity index (χ0) is 23.5. The summed E-state index contributed by atoms with van der Waals surface area (Å²) in [6.07, 6.45) is -0.149. The van der Waals surface area contributed by atoms with Gasteiger partial charge >= 0.3 is 6.11 Å². The summed E-state index contributed by atoms with van der Waals surface area (Å²) in [7, 11) is 0. The SMILES string of the molecule is CCCC1CCC(CCc2ccc(C(F)(F)Oc3cc(F)c(F)c(F)c3)c(F)c2F)OC1. The minimum atomic E-state index is -4.46. The maximum absolute atomic E-state index is 14.5. The van der Waals surface area contributed by atoms with E-state index in [9.17, 15) is 30.7 Å². The molecule has 1 aliphatic heterocycles. The molecule has 2 aromatic carbocycles. The van der Waals surface area contributed by atoms with E-state index in [1.807, 2.05) is 0 Å². The van der Waals surface area contributed by atoms with Gasteiger partial charge in [0.2, 0.25) is 0 Å². The van der Waals surface area contributed by atoms with Crippen molar-refractivity contribution in [2.45, 2.75) is 57.7 Å². The van der Waals surface area contributed by atoms with Gasteiger partial charge in [0.1, 0.15) is 11.3 Å². The number of hydrogen-bond acceptors (Lipinski definition) is 2. The van der Waals surface area contributed by atoms with E-state index in [4.69, 9.17) is 4.74 Å². The molecule has 176 valence electrons. The van der Waals surface area contributed by atoms with Gasteiger partial charge in [0.05, 0.1) is 6.10 Å². The van der Waals surface area contributed by atoms with Gasteiger partial charge in [-0.25, -0.2) is 22.0 Å². The minimum absolute atomic E-state index is 0.0902. The molecule has 1 saturated heterocycles. The van der Waals surface area contributed by atoms with Crippen molar-refractivity contribution in [3.63, 3.8) is 0 Å². The molecule has 1 fully saturated rings. The highest BCUT2D eigenvalue weighted by atomic mass is 19.3. The summed E-state index contributed by atoms with van der Waals surface area (Å²) < 4.78 is 107. The van der Waals surface area contributed by atoms with Gasteiger partial charge in [-0.3, -0.25) is 0 Å². The number of aryl methyl sites for hydroxylation is 1. The van der Waals surface area contributed by atoms with E-state index >= 15 is 0 Å². The molecular weight excluding hydrogens is 441 g/mol. The molecule has 0 aromatic heterocycles. The van der Waals surface area contributed by atoms with Crippen LogP contribution in [-0.2, 0) is 17.3 Å². The van der Waals surface area contributed by atoms with Crippen molar-refractivity contribution < 1.29 is 40.2 Å². The fourth-order valence-electron chi connectivity index (χ4n) is 3.84. The van der Waals surface area contributed by atoms with Gasteiger partial charge < -0.3 is 9.47 Å². The smallest absolute Gasteiger partial charge is 0.429 e. The van der Waals surface area contributed by atoms with E-state index in [0.29, 0.717) is 25.0 Å². The van der Waals surface area contributed by atoms with Crippen molar-refractivity contribution in [3.05, 3.63) is 64.5 Å². The van der Waals surface area contributed by atoms with Crippen molar-refractivity contribution in [1.82, 2.24) is 0 Å². The Bertz CT molecular complexity index is 917. The first-order valence-electron chi connectivity index (χ1n) is 10.4. The van der Waals surface area contributed by atoms with Gasteiger partial charge in [0, 0.05) is 18.7 Å². The zero-order valence-electron chi connectivity index (χ0n) is 17.4. The van der Waals surface area contributed by atoms with E-state index in [-0.39, 0.29) is 30.2 Å². The average molecular weight is 464 g/mol. The van der Waals surface area contributed by atoms with Crippen molar-refractivity contribution in [3.8, 4) is 5.75 Å². The molecule has 0 spiro atoms. The fourth-order valence-corrected chi connectivity index (χ4v) is 3.84. The summed E-state index contributed by atoms with van der Waals surface area (Å²) >= 11 is 0. The summed E-state index contributed by atoms with van der Waals surface area (Å²) in [5.74, 6) is -9.26. The third-order valence-electron chi connectivity index (χ3n) is 5.58. The predicted molar refractivity (Wildman–Crippen MR) is 103 cm³/mol. The van der Waals surface area contributed by atoms with Crippen LogP contribution in [0.4, 0.5) is 30.7 Å². The van der Waals surface area contributed by atoms with Crippen molar-refractivity contribution in [1.29, 1.82) is 0 Å². The number of hydrogen-bond donors (Lipinski definition) is 0. The molecule has 0 amide bonds. The Hall–Kier alpha value is -2.29. The van der Waals surface area contributed by atoms with Crippen LogP contribution in [0.15, 0.2) is 24.3 Å². The second-order valence-corrected chi connectivity index (χ2v) is 7.95. The summed E-state index contributed by atoms with van der Waals surface area (Å²) in [5, 5.41) is 0. The molecule has 32 heavy (non-hydrogen) atoms. The van der Waals surface area contributed by atoms with Crippen LogP contribution in [0.3, 0.4) is 0 Å². The molecule has 9 heteroatoms. The van der Waals surface area contributed by atoms with Crippen LogP contribution < -0.4 is 4.74 Å². The molecule has 0 N–H and O–H groups in total. The molecular formula is C23H23F7O2. The van der Waals surface area contributed by atoms with E-state index in [2.05, 4.69) is 11.7 Å². The van der Waals surface area contributed by atoms with Crippen molar-refractivity contribution >= 4 is 0 Å². The van der Waals surface area contributed by atoms with Gasteiger partial charge in [0.15, 0.2) is 29.1 Å². The second kappa shape index (κ2) is 10.1. The van der Waals surface area contributed by atoms with E-state index in [0.717, 1.165) is 31.7 Å². The van der Waals surface area contributed by atoms with Crippen LogP contribution in [0.2, 0.25) is 0 Å². The minimum Gasteiger partial charge on any atom is -0.429 e. The van der Waals surface area contributed by atoms with Gasteiger partial charge in [-0.2, -0.15) is 8.78 Å². The topological polar surface area (TPSA) is 18.5 Å². The monoisotopic (exact) mass is 464 g/mol. The molecule has 3 rings (SSSR count). The summed E-state index contributed by atoms with van der Waals surface area (Å²) in [6.45, 7) is 2.71. The van der Waals surface area contributed by atoms with Crippen LogP contribution in [0.1, 0.15) is 50.2 Å². The largest absolute Gasteiger partial charge is 0.429 e. The van der Waals surface area contributed by atoms with Crippen LogP contribution >= 0.6 is 0 Å². The molecule has 0 radical (unpaired) electrons. The first-order chi connectivity index (χ1) is 15.1. The zero-order valence-corrected chi connectivity index (χ0v) is 17.4. The van der Waals surface area contributed by atoms with Crippen LogP contribution in [0.5, 0.6) is 5.75 Å². The van der Waals surface area contributed by atoms with Crippen LogP contribution in [0, 0.1) is 35.0 Å². The number of halogens is 7. The highest BCUT2D eigenvalue weighted by molar-refractivity contribution is 5.31. The third kappa shape index (κ3) is 5.54. The second-order valence-electron chi connectivity index (χ2n) is 7.95. The van der Waals surface area contributed by atoms with Gasteiger partial charge in [0.25, 0.3) is 0 Å². The quantitative estimate of drug-likeness (QED) is 0.308. The number of rotatable bonds is 8. The van der Waals surface area contributed by atoms with Gasteiger partial charge in [-0.05, 0) is 49.7 Å². The standard InChI is InChI=1S/C23H23F7O2/c1-2-3-13-4-7-15(31-12-13)8-5-14-6-9-17(21(27)20(14)26)23(29,30)32-16-10-18(24)22(28)19(25)11-16/h6,9-11,13,15H,2-5,7-8,12H2,1H3. The average Bonchev–Trinajstić information content (AvgIpc) is 2.74. The van der Waals surface area contributed by atoms with Gasteiger partial charge in [-0.15, -0.1) is 0 Å². The third-order valence-corrected chi connectivity index (χ3v) is 5.58. The lowest BCUT2D eigenvalue weighted by Gasteiger charge is -2.29. The predicted octanol–water partition coefficient (Wildman–Crippen LogP) is 7.04. The van der Waals surface area contributed by atoms with Crippen LogP contribution in [0.25, 0.3) is 0 Å². The molecule has 1 aliphatic rings. The highest BCUT2D eigenvalue weighted by Gasteiger charge is 2.39. The highest BCUT2D eigenvalue weighted by Crippen LogP contribution is 2.36. The fraction of sp³-hybridized carbons (Fsp3) is 0.478. The van der Waals surface area contributed by atoms with Gasteiger partial charge in [-0.1, -0.05) is 19.4 Å². The van der Waals surface area contributed by atoms with E-state index in [1.165, 1.54) is 0 Å². The van der Waals surface area contributed by atoms with Crippen molar-refractivity contribution in [2.24, 2.45) is 5.92 Å². The maximum Gasteiger partial charge on any atom is 0.429 e. The molecule has 0 bridgehead atoms. The molecule has 2 nitrogen and oxygen atoms in total. The Kier molecular flexibility index (Phi) is 7.69. The number of ether oxygens (including phenoxy) is 2. The summed E-state index contributed by atoms with van der Waals surface area (Å²) in [6, 6.07) is 2.04. The molecule has 2 aromatic rings. The lowest BCUT2D eigenvalue weighted by atomic mass is 9.92. The Morgan fingerprint density at radius 2 is 1.62 bits per heavy atom. The molecule has 0 aliphatic carbocycles. The molecule has 0 saturated carbocycles. The Morgan fingerprint density at radius 3 is 2.22 bits per heavy atom. The van der Waals surface area contributed by atoms with E-state index < -0.39 is 46.5 Å². The summed E-state index contributed by atoms with van der Waals surface area (Å²) in [4.78, 5) is 0. The molecule has 2 unspecified atom stereocenters. The lowest BCUT2D eigenvalue weighted by molar-refractivity contribution is -0.188. The number of alkyl halides is 2. The normalized spacial score (nSPS) is 19.2. The Balaban J connectivity index is 1.68. The first kappa shape index (κ1) is 24.4. The lowest BCUT2D eigenvalue weighted by Crippen LogP contribution is -2.26. The Morgan fingerprint density at radius 1 is 0.938 bits per heavy atom. The summed E-state index contributed by atoms with van der Waals surface area (Å²) in [5.41, 5.74) is -1.54. The molecule has 2 atom stereocenters. The number of benzene rings is 2. The Labute approximate surface area is 181 Å². The van der Waals surface area contributed by atoms with E-state index in [1.54, 1.807) is 0 Å². The van der Waals surface area contributed by atoms with Crippen LogP contribution in [-0.4, -0.2) is 12.7 Å². The molecule has 1 heterocycles. The van der Waals surface area contributed by atoms with Crippen molar-refractivity contribution in [2.75, 3.05) is 6.61 Å². The first-order valence-corrected chi connectivity index (χ1v) is 10.4.